The highest BCUT2D eigenvalue weighted by atomic mass is 32.2. The lowest BCUT2D eigenvalue weighted by Gasteiger charge is -2.21. The van der Waals surface area contributed by atoms with Gasteiger partial charge in [-0.1, -0.05) is 30.3 Å². The van der Waals surface area contributed by atoms with Crippen LogP contribution in [-0.4, -0.2) is 54.9 Å². The van der Waals surface area contributed by atoms with E-state index in [1.165, 1.54) is 37.4 Å². The SMILES string of the molecule is CNC(=O)CN(c1ccc(N=C(c2ccccc2)c2c(O)[nH]c3ccc([N+](=O)[O-])cc23)cc1)S(C)(=O)=O. The van der Waals surface area contributed by atoms with Gasteiger partial charge in [0.1, 0.15) is 6.54 Å². The third kappa shape index (κ3) is 5.43. The smallest absolute Gasteiger partial charge is 0.270 e. The molecular weight excluding hydrogens is 498 g/mol. The lowest BCUT2D eigenvalue weighted by atomic mass is 10.0. The molecule has 1 heterocycles. The zero-order valence-electron chi connectivity index (χ0n) is 19.9. The Bertz CT molecular complexity index is 1610. The predicted octanol–water partition coefficient (Wildman–Crippen LogP) is 3.46. The summed E-state index contributed by atoms with van der Waals surface area (Å²) in [4.78, 5) is 30.2. The number of aromatic hydroxyl groups is 1. The van der Waals surface area contributed by atoms with Gasteiger partial charge in [0, 0.05) is 35.6 Å². The maximum atomic E-state index is 12.3. The number of hydrogen-bond donors (Lipinski definition) is 3. The Morgan fingerprint density at radius 3 is 2.38 bits per heavy atom. The van der Waals surface area contributed by atoms with Crippen molar-refractivity contribution in [3.05, 3.63) is 94.0 Å². The van der Waals surface area contributed by atoms with E-state index in [-0.39, 0.29) is 29.4 Å². The van der Waals surface area contributed by atoms with Crippen molar-refractivity contribution < 1.29 is 23.2 Å². The van der Waals surface area contributed by atoms with Crippen LogP contribution in [0.3, 0.4) is 0 Å². The van der Waals surface area contributed by atoms with Crippen LogP contribution >= 0.6 is 0 Å². The molecule has 0 fully saturated rings. The standard InChI is InChI=1S/C25H23N5O6S/c1-26-22(31)15-29(37(2,35)36)18-10-8-17(9-11-18)27-24(16-6-4-3-5-7-16)23-20-14-19(30(33)34)12-13-21(20)28-25(23)32/h3-14,28,32H,15H2,1-2H3,(H,26,31). The molecule has 0 spiro atoms. The minimum Gasteiger partial charge on any atom is -0.494 e. The fourth-order valence-electron chi connectivity index (χ4n) is 3.81. The number of nitro benzene ring substituents is 1. The van der Waals surface area contributed by atoms with Crippen LogP contribution in [0, 0.1) is 10.1 Å². The predicted molar refractivity (Wildman–Crippen MR) is 141 cm³/mol. The Hall–Kier alpha value is -4.71. The van der Waals surface area contributed by atoms with E-state index in [1.807, 2.05) is 6.07 Å². The van der Waals surface area contributed by atoms with E-state index in [0.717, 1.165) is 10.6 Å². The molecule has 190 valence electrons. The number of anilines is 1. The molecule has 1 aromatic heterocycles. The monoisotopic (exact) mass is 521 g/mol. The van der Waals surface area contributed by atoms with Crippen molar-refractivity contribution in [1.82, 2.24) is 10.3 Å². The number of likely N-dealkylation sites (N-methyl/N-ethyl adjacent to an activating group) is 1. The summed E-state index contributed by atoms with van der Waals surface area (Å²) in [7, 11) is -2.32. The molecule has 37 heavy (non-hydrogen) atoms. The van der Waals surface area contributed by atoms with Crippen LogP contribution in [0.2, 0.25) is 0 Å². The van der Waals surface area contributed by atoms with Crippen LogP contribution in [-0.2, 0) is 14.8 Å². The molecule has 0 bridgehead atoms. The summed E-state index contributed by atoms with van der Waals surface area (Å²) in [6, 6.07) is 19.4. The van der Waals surface area contributed by atoms with Crippen molar-refractivity contribution in [2.45, 2.75) is 0 Å². The molecule has 0 saturated carbocycles. The second-order valence-electron chi connectivity index (χ2n) is 8.12. The molecule has 0 saturated heterocycles. The van der Waals surface area contributed by atoms with Crippen LogP contribution in [0.4, 0.5) is 17.1 Å². The molecule has 0 unspecified atom stereocenters. The van der Waals surface area contributed by atoms with E-state index in [0.29, 0.717) is 27.9 Å². The number of carbonyl (C=O) groups is 1. The number of carbonyl (C=O) groups excluding carboxylic acids is 1. The Morgan fingerprint density at radius 2 is 1.78 bits per heavy atom. The number of sulfonamides is 1. The molecule has 0 radical (unpaired) electrons. The number of H-pyrrole nitrogens is 1. The van der Waals surface area contributed by atoms with E-state index >= 15 is 0 Å². The Balaban J connectivity index is 1.85. The molecule has 4 rings (SSSR count). The number of nitrogens with zero attached hydrogens (tertiary/aromatic N) is 3. The van der Waals surface area contributed by atoms with E-state index < -0.39 is 20.9 Å². The number of aromatic amines is 1. The van der Waals surface area contributed by atoms with Gasteiger partial charge in [-0.2, -0.15) is 0 Å². The third-order valence-corrected chi connectivity index (χ3v) is 6.74. The summed E-state index contributed by atoms with van der Waals surface area (Å²) in [5.41, 5.74) is 2.34. The average molecular weight is 522 g/mol. The number of nitrogens with one attached hydrogen (secondary N) is 2. The minimum absolute atomic E-state index is 0.138. The molecule has 3 aromatic carbocycles. The highest BCUT2D eigenvalue weighted by Crippen LogP contribution is 2.34. The van der Waals surface area contributed by atoms with Crippen molar-refractivity contribution >= 4 is 49.6 Å². The molecule has 11 nitrogen and oxygen atoms in total. The van der Waals surface area contributed by atoms with Gasteiger partial charge < -0.3 is 15.4 Å². The number of nitro groups is 1. The number of aromatic nitrogens is 1. The zero-order chi connectivity index (χ0) is 26.7. The zero-order valence-corrected chi connectivity index (χ0v) is 20.7. The first-order valence-electron chi connectivity index (χ1n) is 11.0. The summed E-state index contributed by atoms with van der Waals surface area (Å²) in [5, 5.41) is 25.0. The van der Waals surface area contributed by atoms with Gasteiger partial charge in [0.15, 0.2) is 5.88 Å². The van der Waals surface area contributed by atoms with Crippen LogP contribution in [0.25, 0.3) is 10.9 Å². The van der Waals surface area contributed by atoms with Crippen LogP contribution in [0.5, 0.6) is 5.88 Å². The number of hydrogen-bond acceptors (Lipinski definition) is 7. The van der Waals surface area contributed by atoms with Crippen molar-refractivity contribution in [3.8, 4) is 5.88 Å². The molecule has 0 aliphatic rings. The number of rotatable bonds is 8. The van der Waals surface area contributed by atoms with E-state index in [1.54, 1.807) is 36.4 Å². The lowest BCUT2D eigenvalue weighted by molar-refractivity contribution is -0.384. The van der Waals surface area contributed by atoms with Gasteiger partial charge in [0.2, 0.25) is 15.9 Å². The van der Waals surface area contributed by atoms with Crippen molar-refractivity contribution in [3.63, 3.8) is 0 Å². The van der Waals surface area contributed by atoms with Gasteiger partial charge in [-0.15, -0.1) is 0 Å². The fourth-order valence-corrected chi connectivity index (χ4v) is 4.67. The molecular formula is C25H23N5O6S. The van der Waals surface area contributed by atoms with Gasteiger partial charge in [0.05, 0.1) is 33.8 Å². The van der Waals surface area contributed by atoms with Crippen LogP contribution in [0.15, 0.2) is 77.8 Å². The summed E-state index contributed by atoms with van der Waals surface area (Å²) < 4.78 is 25.5. The number of fused-ring (bicyclic) bond motifs is 1. The average Bonchev–Trinajstić information content (AvgIpc) is 3.20. The molecule has 0 atom stereocenters. The highest BCUT2D eigenvalue weighted by molar-refractivity contribution is 7.92. The maximum absolute atomic E-state index is 12.3. The number of aliphatic imine (C=N–C) groups is 1. The van der Waals surface area contributed by atoms with Crippen molar-refractivity contribution in [1.29, 1.82) is 0 Å². The first-order valence-corrected chi connectivity index (χ1v) is 12.8. The third-order valence-electron chi connectivity index (χ3n) is 5.60. The van der Waals surface area contributed by atoms with Crippen LogP contribution < -0.4 is 9.62 Å². The quantitative estimate of drug-likeness (QED) is 0.183. The minimum atomic E-state index is -3.73. The first-order chi connectivity index (χ1) is 17.6. The Morgan fingerprint density at radius 1 is 1.11 bits per heavy atom. The van der Waals surface area contributed by atoms with Gasteiger partial charge in [-0.25, -0.2) is 13.4 Å². The summed E-state index contributed by atoms with van der Waals surface area (Å²) >= 11 is 0. The fraction of sp³-hybridized carbons (Fsp3) is 0.120. The topological polar surface area (TPSA) is 158 Å². The second-order valence-corrected chi connectivity index (χ2v) is 10.0. The first kappa shape index (κ1) is 25.4. The van der Waals surface area contributed by atoms with Gasteiger partial charge >= 0.3 is 0 Å². The molecule has 0 aliphatic heterocycles. The van der Waals surface area contributed by atoms with E-state index in [9.17, 15) is 28.4 Å². The largest absolute Gasteiger partial charge is 0.494 e. The maximum Gasteiger partial charge on any atom is 0.270 e. The van der Waals surface area contributed by atoms with Gasteiger partial charge in [-0.3, -0.25) is 19.2 Å². The Labute approximate surface area is 212 Å². The van der Waals surface area contributed by atoms with E-state index in [4.69, 9.17) is 4.99 Å². The van der Waals surface area contributed by atoms with Gasteiger partial charge in [0.25, 0.3) is 5.69 Å². The number of amides is 1. The molecule has 0 aliphatic carbocycles. The second kappa shape index (κ2) is 10.1. The molecule has 3 N–H and O–H groups in total. The molecule has 1 amide bonds. The summed E-state index contributed by atoms with van der Waals surface area (Å²) in [6.07, 6.45) is 1.01. The summed E-state index contributed by atoms with van der Waals surface area (Å²) in [6.45, 7) is -0.380. The van der Waals surface area contributed by atoms with Gasteiger partial charge in [-0.05, 0) is 30.3 Å². The lowest BCUT2D eigenvalue weighted by Crippen LogP contribution is -2.39. The van der Waals surface area contributed by atoms with Crippen molar-refractivity contribution in [2.75, 3.05) is 24.2 Å². The molecule has 12 heteroatoms. The Kier molecular flexibility index (Phi) is 6.94. The molecule has 4 aromatic rings. The van der Waals surface area contributed by atoms with Crippen molar-refractivity contribution in [2.24, 2.45) is 4.99 Å². The van der Waals surface area contributed by atoms with Crippen LogP contribution in [0.1, 0.15) is 11.1 Å². The number of non-ortho nitro benzene ring substituents is 1. The number of benzene rings is 3. The normalized spacial score (nSPS) is 11.9. The summed E-state index contributed by atoms with van der Waals surface area (Å²) in [5.74, 6) is -0.675. The van der Waals surface area contributed by atoms with E-state index in [2.05, 4.69) is 10.3 Å². The highest BCUT2D eigenvalue weighted by Gasteiger charge is 2.22.